The monoisotopic (exact) mass is 251 g/mol. The molecule has 102 valence electrons. The van der Waals surface area contributed by atoms with Crippen LogP contribution in [0.3, 0.4) is 0 Å². The Kier molecular flexibility index (Phi) is 3.83. The van der Waals surface area contributed by atoms with Crippen LogP contribution in [0.15, 0.2) is 16.5 Å². The first-order valence-electron chi connectivity index (χ1n) is 6.93. The maximum absolute atomic E-state index is 10.5. The standard InChI is InChI=1S/C15H25NO2/c1-10(2)14(12-6-7-12)16-9-15(4,17)13-8-5-11(3)18-13/h5,8,10,12,14,16-17H,6-7,9H2,1-4H3. The molecule has 3 heteroatoms. The van der Waals surface area contributed by atoms with Crippen molar-refractivity contribution in [3.05, 3.63) is 23.7 Å². The first-order valence-corrected chi connectivity index (χ1v) is 6.93. The zero-order valence-corrected chi connectivity index (χ0v) is 11.9. The van der Waals surface area contributed by atoms with Crippen molar-refractivity contribution in [3.63, 3.8) is 0 Å². The number of hydrogen-bond acceptors (Lipinski definition) is 3. The summed E-state index contributed by atoms with van der Waals surface area (Å²) in [5.41, 5.74) is -0.934. The van der Waals surface area contributed by atoms with E-state index in [0.29, 0.717) is 24.3 Å². The summed E-state index contributed by atoms with van der Waals surface area (Å²) >= 11 is 0. The molecule has 2 unspecified atom stereocenters. The van der Waals surface area contributed by atoms with Gasteiger partial charge in [-0.05, 0) is 50.7 Å². The zero-order valence-electron chi connectivity index (χ0n) is 11.9. The van der Waals surface area contributed by atoms with E-state index in [4.69, 9.17) is 4.42 Å². The molecule has 0 amide bonds. The minimum absolute atomic E-state index is 0.507. The Morgan fingerprint density at radius 3 is 2.56 bits per heavy atom. The summed E-state index contributed by atoms with van der Waals surface area (Å²) in [4.78, 5) is 0. The molecule has 0 aromatic carbocycles. The number of aryl methyl sites for hydroxylation is 1. The van der Waals surface area contributed by atoms with Gasteiger partial charge in [0.05, 0.1) is 0 Å². The van der Waals surface area contributed by atoms with Gasteiger partial charge in [-0.3, -0.25) is 0 Å². The lowest BCUT2D eigenvalue weighted by Gasteiger charge is -2.28. The predicted molar refractivity (Wildman–Crippen MR) is 72.4 cm³/mol. The van der Waals surface area contributed by atoms with Crippen molar-refractivity contribution < 1.29 is 9.52 Å². The SMILES string of the molecule is Cc1ccc(C(C)(O)CNC(C(C)C)C2CC2)o1. The van der Waals surface area contributed by atoms with Gasteiger partial charge >= 0.3 is 0 Å². The average Bonchev–Trinajstić information content (AvgIpc) is 2.99. The normalized spacial score (nSPS) is 21.0. The highest BCUT2D eigenvalue weighted by molar-refractivity contribution is 5.13. The quantitative estimate of drug-likeness (QED) is 0.817. The van der Waals surface area contributed by atoms with Crippen molar-refractivity contribution >= 4 is 0 Å². The zero-order chi connectivity index (χ0) is 13.3. The largest absolute Gasteiger partial charge is 0.463 e. The van der Waals surface area contributed by atoms with Gasteiger partial charge in [-0.15, -0.1) is 0 Å². The summed E-state index contributed by atoms with van der Waals surface area (Å²) in [5, 5.41) is 14.0. The van der Waals surface area contributed by atoms with Crippen LogP contribution in [0.1, 0.15) is 45.1 Å². The van der Waals surface area contributed by atoms with Gasteiger partial charge in [0.2, 0.25) is 0 Å². The molecule has 1 heterocycles. The molecule has 0 aliphatic heterocycles. The Bertz CT molecular complexity index is 389. The highest BCUT2D eigenvalue weighted by atomic mass is 16.4. The van der Waals surface area contributed by atoms with E-state index in [9.17, 15) is 5.11 Å². The summed E-state index contributed by atoms with van der Waals surface area (Å²) in [7, 11) is 0. The smallest absolute Gasteiger partial charge is 0.136 e. The van der Waals surface area contributed by atoms with Crippen LogP contribution in [0.4, 0.5) is 0 Å². The maximum Gasteiger partial charge on any atom is 0.136 e. The fraction of sp³-hybridized carbons (Fsp3) is 0.733. The highest BCUT2D eigenvalue weighted by Crippen LogP contribution is 2.36. The van der Waals surface area contributed by atoms with E-state index < -0.39 is 5.60 Å². The molecule has 0 saturated heterocycles. The summed E-state index contributed by atoms with van der Waals surface area (Å²) in [5.74, 6) is 2.88. The fourth-order valence-electron chi connectivity index (χ4n) is 2.53. The third-order valence-corrected chi connectivity index (χ3v) is 3.80. The van der Waals surface area contributed by atoms with E-state index in [2.05, 4.69) is 19.2 Å². The lowest BCUT2D eigenvalue weighted by molar-refractivity contribution is 0.0284. The number of furan rings is 1. The molecule has 1 aromatic heterocycles. The van der Waals surface area contributed by atoms with Crippen LogP contribution >= 0.6 is 0 Å². The molecule has 1 fully saturated rings. The van der Waals surface area contributed by atoms with Crippen LogP contribution in [0.25, 0.3) is 0 Å². The molecule has 3 nitrogen and oxygen atoms in total. The molecule has 1 aliphatic carbocycles. The van der Waals surface area contributed by atoms with Gasteiger partial charge in [-0.2, -0.15) is 0 Å². The van der Waals surface area contributed by atoms with Crippen LogP contribution in [0.5, 0.6) is 0 Å². The van der Waals surface area contributed by atoms with Crippen molar-refractivity contribution in [3.8, 4) is 0 Å². The van der Waals surface area contributed by atoms with Gasteiger partial charge in [0.15, 0.2) is 0 Å². The van der Waals surface area contributed by atoms with Crippen LogP contribution < -0.4 is 5.32 Å². The van der Waals surface area contributed by atoms with Crippen LogP contribution in [-0.2, 0) is 5.60 Å². The van der Waals surface area contributed by atoms with Gasteiger partial charge in [0.1, 0.15) is 17.1 Å². The summed E-state index contributed by atoms with van der Waals surface area (Å²) in [6.45, 7) is 8.72. The van der Waals surface area contributed by atoms with Crippen LogP contribution in [0, 0.1) is 18.8 Å². The van der Waals surface area contributed by atoms with Crippen molar-refractivity contribution in [1.29, 1.82) is 0 Å². The molecule has 0 spiro atoms. The Morgan fingerprint density at radius 2 is 2.11 bits per heavy atom. The van der Waals surface area contributed by atoms with Gasteiger partial charge in [-0.25, -0.2) is 0 Å². The Balaban J connectivity index is 1.95. The van der Waals surface area contributed by atoms with Crippen molar-refractivity contribution in [1.82, 2.24) is 5.32 Å². The van der Waals surface area contributed by atoms with Gasteiger partial charge < -0.3 is 14.8 Å². The summed E-state index contributed by atoms with van der Waals surface area (Å²) in [6, 6.07) is 4.26. The van der Waals surface area contributed by atoms with E-state index in [-0.39, 0.29) is 0 Å². The molecule has 0 radical (unpaired) electrons. The second kappa shape index (κ2) is 5.06. The fourth-order valence-corrected chi connectivity index (χ4v) is 2.53. The number of hydrogen-bond donors (Lipinski definition) is 2. The minimum Gasteiger partial charge on any atom is -0.463 e. The van der Waals surface area contributed by atoms with Gasteiger partial charge in [0, 0.05) is 12.6 Å². The molecule has 1 aliphatic rings. The molecule has 2 N–H and O–H groups in total. The highest BCUT2D eigenvalue weighted by Gasteiger charge is 2.35. The Morgan fingerprint density at radius 1 is 1.44 bits per heavy atom. The molecule has 1 aromatic rings. The van der Waals surface area contributed by atoms with Crippen LogP contribution in [0.2, 0.25) is 0 Å². The molecule has 1 saturated carbocycles. The average molecular weight is 251 g/mol. The first kappa shape index (κ1) is 13.6. The van der Waals surface area contributed by atoms with Crippen molar-refractivity contribution in [2.75, 3.05) is 6.54 Å². The predicted octanol–water partition coefficient (Wildman–Crippen LogP) is 2.82. The summed E-state index contributed by atoms with van der Waals surface area (Å²) in [6.07, 6.45) is 2.63. The topological polar surface area (TPSA) is 45.4 Å². The molecular formula is C15H25NO2. The summed E-state index contributed by atoms with van der Waals surface area (Å²) < 4.78 is 5.53. The molecule has 18 heavy (non-hydrogen) atoms. The second-order valence-corrected chi connectivity index (χ2v) is 6.17. The lowest BCUT2D eigenvalue weighted by Crippen LogP contribution is -2.44. The van der Waals surface area contributed by atoms with E-state index in [0.717, 1.165) is 11.7 Å². The Labute approximate surface area is 110 Å². The first-order chi connectivity index (χ1) is 8.40. The minimum atomic E-state index is -0.934. The molecular weight excluding hydrogens is 226 g/mol. The van der Waals surface area contributed by atoms with Gasteiger partial charge in [-0.1, -0.05) is 13.8 Å². The van der Waals surface area contributed by atoms with E-state index in [1.54, 1.807) is 0 Å². The second-order valence-electron chi connectivity index (χ2n) is 6.17. The maximum atomic E-state index is 10.5. The van der Waals surface area contributed by atoms with E-state index in [1.165, 1.54) is 12.8 Å². The Hall–Kier alpha value is -0.800. The van der Waals surface area contributed by atoms with Gasteiger partial charge in [0.25, 0.3) is 0 Å². The number of aliphatic hydroxyl groups is 1. The lowest BCUT2D eigenvalue weighted by atomic mass is 9.97. The number of rotatable bonds is 6. The number of nitrogens with one attached hydrogen (secondary N) is 1. The van der Waals surface area contributed by atoms with Crippen molar-refractivity contribution in [2.45, 2.75) is 52.2 Å². The molecule has 2 atom stereocenters. The molecule has 2 rings (SSSR count). The third-order valence-electron chi connectivity index (χ3n) is 3.80. The van der Waals surface area contributed by atoms with Crippen molar-refractivity contribution in [2.24, 2.45) is 11.8 Å². The van der Waals surface area contributed by atoms with E-state index >= 15 is 0 Å². The molecule has 0 bridgehead atoms. The van der Waals surface area contributed by atoms with Crippen LogP contribution in [-0.4, -0.2) is 17.7 Å². The van der Waals surface area contributed by atoms with E-state index in [1.807, 2.05) is 26.0 Å². The third kappa shape index (κ3) is 3.15.